The Morgan fingerprint density at radius 1 is 1.12 bits per heavy atom. The van der Waals surface area contributed by atoms with E-state index in [1.807, 2.05) is 0 Å². The van der Waals surface area contributed by atoms with Crippen molar-refractivity contribution >= 4 is 0 Å². The van der Waals surface area contributed by atoms with Crippen molar-refractivity contribution in [2.24, 2.45) is 11.8 Å². The molecule has 2 heteroatoms. The Labute approximate surface area is 101 Å². The van der Waals surface area contributed by atoms with Gasteiger partial charge in [-0.25, -0.2) is 0 Å². The van der Waals surface area contributed by atoms with Crippen LogP contribution in [0.25, 0.3) is 0 Å². The molecule has 1 fully saturated rings. The zero-order chi connectivity index (χ0) is 12.0. The maximum atomic E-state index is 5.76. The molecule has 0 aromatic heterocycles. The van der Waals surface area contributed by atoms with Gasteiger partial charge in [-0.3, -0.25) is 0 Å². The minimum absolute atomic E-state index is 0.711. The number of piperidine rings is 1. The maximum absolute atomic E-state index is 5.76. The summed E-state index contributed by atoms with van der Waals surface area (Å²) in [5.41, 5.74) is 0. The van der Waals surface area contributed by atoms with Crippen LogP contribution >= 0.6 is 0 Å². The molecule has 0 aromatic rings. The summed E-state index contributed by atoms with van der Waals surface area (Å²) in [6.45, 7) is 13.5. The van der Waals surface area contributed by atoms with E-state index in [4.69, 9.17) is 4.74 Å². The molecule has 0 aromatic carbocycles. The highest BCUT2D eigenvalue weighted by atomic mass is 16.5. The van der Waals surface area contributed by atoms with E-state index in [1.54, 1.807) is 0 Å². The lowest BCUT2D eigenvalue weighted by Gasteiger charge is -2.34. The summed E-state index contributed by atoms with van der Waals surface area (Å²) in [7, 11) is 0. The van der Waals surface area contributed by atoms with Crippen LogP contribution in [0.2, 0.25) is 0 Å². The molecule has 0 saturated carbocycles. The predicted octanol–water partition coefficient (Wildman–Crippen LogP) is 3.17. The van der Waals surface area contributed by atoms with Crippen molar-refractivity contribution in [2.45, 2.75) is 53.0 Å². The first-order valence-electron chi connectivity index (χ1n) is 6.91. The van der Waals surface area contributed by atoms with Crippen LogP contribution in [-0.2, 0) is 4.74 Å². The summed E-state index contributed by atoms with van der Waals surface area (Å²) in [5, 5.41) is 0. The zero-order valence-electron chi connectivity index (χ0n) is 11.5. The van der Waals surface area contributed by atoms with Gasteiger partial charge >= 0.3 is 0 Å². The minimum atomic E-state index is 0.711. The van der Waals surface area contributed by atoms with Crippen molar-refractivity contribution in [3.05, 3.63) is 0 Å². The molecule has 1 saturated heterocycles. The molecule has 0 bridgehead atoms. The molecule has 1 heterocycles. The van der Waals surface area contributed by atoms with Gasteiger partial charge in [0.25, 0.3) is 0 Å². The molecule has 96 valence electrons. The van der Waals surface area contributed by atoms with Crippen LogP contribution in [0.5, 0.6) is 0 Å². The average Bonchev–Trinajstić information content (AvgIpc) is 2.25. The Kier molecular flexibility index (Phi) is 6.37. The Morgan fingerprint density at radius 3 is 2.25 bits per heavy atom. The van der Waals surface area contributed by atoms with E-state index in [0.29, 0.717) is 6.04 Å². The molecule has 0 radical (unpaired) electrons. The van der Waals surface area contributed by atoms with Crippen LogP contribution < -0.4 is 0 Å². The number of hydrogen-bond acceptors (Lipinski definition) is 2. The van der Waals surface area contributed by atoms with Gasteiger partial charge in [0.2, 0.25) is 0 Å². The first-order chi connectivity index (χ1) is 7.59. The lowest BCUT2D eigenvalue weighted by molar-refractivity contribution is 0.0551. The molecule has 0 aliphatic carbocycles. The van der Waals surface area contributed by atoms with Crippen LogP contribution in [0.3, 0.4) is 0 Å². The number of ether oxygens (including phenoxy) is 1. The second-order valence-electron chi connectivity index (χ2n) is 5.83. The van der Waals surface area contributed by atoms with E-state index >= 15 is 0 Å². The van der Waals surface area contributed by atoms with E-state index in [0.717, 1.165) is 25.0 Å². The number of likely N-dealkylation sites (tertiary alicyclic amines) is 1. The molecule has 0 atom stereocenters. The molecule has 2 nitrogen and oxygen atoms in total. The third-order valence-corrected chi connectivity index (χ3v) is 3.57. The van der Waals surface area contributed by atoms with E-state index < -0.39 is 0 Å². The number of nitrogens with zero attached hydrogens (tertiary/aromatic N) is 1. The number of rotatable bonds is 6. The van der Waals surface area contributed by atoms with Gasteiger partial charge < -0.3 is 9.64 Å². The SMILES string of the molecule is CC(C)CCOCC1CCN(C(C)C)CC1. The van der Waals surface area contributed by atoms with Crippen LogP contribution in [-0.4, -0.2) is 37.2 Å². The van der Waals surface area contributed by atoms with Crippen LogP contribution in [0.15, 0.2) is 0 Å². The third-order valence-electron chi connectivity index (χ3n) is 3.57. The molecule has 1 aliphatic rings. The molecule has 1 rings (SSSR count). The first kappa shape index (κ1) is 14.0. The standard InChI is InChI=1S/C14H29NO/c1-12(2)7-10-16-11-14-5-8-15(9-6-14)13(3)4/h12-14H,5-11H2,1-4H3. The van der Waals surface area contributed by atoms with E-state index in [-0.39, 0.29) is 0 Å². The van der Waals surface area contributed by atoms with E-state index in [9.17, 15) is 0 Å². The highest BCUT2D eigenvalue weighted by Gasteiger charge is 2.20. The smallest absolute Gasteiger partial charge is 0.0495 e. The van der Waals surface area contributed by atoms with Gasteiger partial charge in [0.05, 0.1) is 0 Å². The molecule has 0 spiro atoms. The average molecular weight is 227 g/mol. The van der Waals surface area contributed by atoms with Crippen LogP contribution in [0.4, 0.5) is 0 Å². The molecular weight excluding hydrogens is 198 g/mol. The first-order valence-corrected chi connectivity index (χ1v) is 6.91. The van der Waals surface area contributed by atoms with Crippen molar-refractivity contribution in [3.63, 3.8) is 0 Å². The molecule has 1 aliphatic heterocycles. The third kappa shape index (κ3) is 5.31. The van der Waals surface area contributed by atoms with Gasteiger partial charge in [0.15, 0.2) is 0 Å². The fraction of sp³-hybridized carbons (Fsp3) is 1.00. The fourth-order valence-corrected chi connectivity index (χ4v) is 2.21. The summed E-state index contributed by atoms with van der Waals surface area (Å²) >= 11 is 0. The monoisotopic (exact) mass is 227 g/mol. The predicted molar refractivity (Wildman–Crippen MR) is 69.7 cm³/mol. The van der Waals surface area contributed by atoms with Crippen molar-refractivity contribution in [3.8, 4) is 0 Å². The van der Waals surface area contributed by atoms with Crippen LogP contribution in [0, 0.1) is 11.8 Å². The van der Waals surface area contributed by atoms with Gasteiger partial charge in [0, 0.05) is 19.3 Å². The topological polar surface area (TPSA) is 12.5 Å². The molecule has 0 N–H and O–H groups in total. The normalized spacial score (nSPS) is 19.9. The van der Waals surface area contributed by atoms with Gasteiger partial charge in [-0.2, -0.15) is 0 Å². The lowest BCUT2D eigenvalue weighted by Crippen LogP contribution is -2.39. The van der Waals surface area contributed by atoms with E-state index in [1.165, 1.54) is 32.4 Å². The summed E-state index contributed by atoms with van der Waals surface area (Å²) < 4.78 is 5.76. The molecule has 16 heavy (non-hydrogen) atoms. The molecule has 0 unspecified atom stereocenters. The molecular formula is C14H29NO. The zero-order valence-corrected chi connectivity index (χ0v) is 11.5. The summed E-state index contributed by atoms with van der Waals surface area (Å²) in [5.74, 6) is 1.57. The van der Waals surface area contributed by atoms with Crippen molar-refractivity contribution in [2.75, 3.05) is 26.3 Å². The Hall–Kier alpha value is -0.0800. The summed E-state index contributed by atoms with van der Waals surface area (Å²) in [4.78, 5) is 2.57. The highest BCUT2D eigenvalue weighted by molar-refractivity contribution is 4.74. The minimum Gasteiger partial charge on any atom is -0.381 e. The van der Waals surface area contributed by atoms with Crippen molar-refractivity contribution < 1.29 is 4.74 Å². The van der Waals surface area contributed by atoms with Crippen molar-refractivity contribution in [1.29, 1.82) is 0 Å². The van der Waals surface area contributed by atoms with Crippen LogP contribution in [0.1, 0.15) is 47.0 Å². The quantitative estimate of drug-likeness (QED) is 0.646. The van der Waals surface area contributed by atoms with E-state index in [2.05, 4.69) is 32.6 Å². The summed E-state index contributed by atoms with van der Waals surface area (Å²) in [6.07, 6.45) is 3.84. The Bertz CT molecular complexity index is 172. The second kappa shape index (κ2) is 7.29. The van der Waals surface area contributed by atoms with Gasteiger partial charge in [-0.15, -0.1) is 0 Å². The highest BCUT2D eigenvalue weighted by Crippen LogP contribution is 2.19. The summed E-state index contributed by atoms with van der Waals surface area (Å²) in [6, 6.07) is 0.711. The fourth-order valence-electron chi connectivity index (χ4n) is 2.21. The van der Waals surface area contributed by atoms with Gasteiger partial charge in [-0.05, 0) is 58.0 Å². The lowest BCUT2D eigenvalue weighted by atomic mass is 9.97. The van der Waals surface area contributed by atoms with Gasteiger partial charge in [0.1, 0.15) is 0 Å². The Morgan fingerprint density at radius 2 is 1.75 bits per heavy atom. The largest absolute Gasteiger partial charge is 0.381 e. The maximum Gasteiger partial charge on any atom is 0.0495 e. The van der Waals surface area contributed by atoms with Crippen molar-refractivity contribution in [1.82, 2.24) is 4.90 Å². The van der Waals surface area contributed by atoms with Gasteiger partial charge in [-0.1, -0.05) is 13.8 Å². The Balaban J connectivity index is 2.04. The molecule has 0 amide bonds. The number of hydrogen-bond donors (Lipinski definition) is 0. The second-order valence-corrected chi connectivity index (χ2v) is 5.83.